The minimum Gasteiger partial charge on any atom is -0.492 e. The normalized spacial score (nSPS) is 15.4. The number of piperidine rings is 1. The summed E-state index contributed by atoms with van der Waals surface area (Å²) in [5.41, 5.74) is 0.290. The predicted octanol–water partition coefficient (Wildman–Crippen LogP) is 2.66. The van der Waals surface area contributed by atoms with E-state index in [0.717, 1.165) is 19.3 Å². The highest BCUT2D eigenvalue weighted by atomic mass is 35.5. The summed E-state index contributed by atoms with van der Waals surface area (Å²) < 4.78 is 34.1. The number of rotatable bonds is 7. The number of amides is 1. The van der Waals surface area contributed by atoms with E-state index in [1.807, 2.05) is 0 Å². The molecule has 2 heterocycles. The van der Waals surface area contributed by atoms with Gasteiger partial charge in [0.05, 0.1) is 6.54 Å². The van der Waals surface area contributed by atoms with Crippen LogP contribution in [0.3, 0.4) is 0 Å². The minimum atomic E-state index is -3.57. The fourth-order valence-electron chi connectivity index (χ4n) is 3.14. The van der Waals surface area contributed by atoms with Crippen molar-refractivity contribution in [3.05, 3.63) is 47.2 Å². The van der Waals surface area contributed by atoms with E-state index in [1.165, 1.54) is 21.1 Å². The van der Waals surface area contributed by atoms with Gasteiger partial charge in [0.15, 0.2) is 0 Å². The smallest absolute Gasteiger partial charge is 0.268 e. The van der Waals surface area contributed by atoms with Crippen molar-refractivity contribution in [2.45, 2.75) is 24.2 Å². The third-order valence-electron chi connectivity index (χ3n) is 4.62. The number of hydrogen-bond donors (Lipinski definition) is 1. The van der Waals surface area contributed by atoms with Gasteiger partial charge in [0.25, 0.3) is 5.91 Å². The van der Waals surface area contributed by atoms with Crippen LogP contribution in [-0.4, -0.2) is 49.4 Å². The summed E-state index contributed by atoms with van der Waals surface area (Å²) in [7, 11) is -1.91. The number of sulfonamides is 1. The average Bonchev–Trinajstić information content (AvgIpc) is 3.08. The van der Waals surface area contributed by atoms with Crippen molar-refractivity contribution in [2.24, 2.45) is 7.05 Å². The van der Waals surface area contributed by atoms with Crippen molar-refractivity contribution < 1.29 is 17.9 Å². The molecule has 152 valence electrons. The molecular weight excluding hydrogens is 402 g/mol. The van der Waals surface area contributed by atoms with Crippen LogP contribution in [0, 0.1) is 0 Å². The predicted molar refractivity (Wildman–Crippen MR) is 107 cm³/mol. The first kappa shape index (κ1) is 20.7. The number of hydrogen-bond acceptors (Lipinski definition) is 4. The Morgan fingerprint density at radius 3 is 2.68 bits per heavy atom. The lowest BCUT2D eigenvalue weighted by Crippen LogP contribution is -2.35. The Labute approximate surface area is 170 Å². The zero-order valence-corrected chi connectivity index (χ0v) is 17.3. The third-order valence-corrected chi connectivity index (χ3v) is 6.72. The quantitative estimate of drug-likeness (QED) is 0.691. The van der Waals surface area contributed by atoms with E-state index in [4.69, 9.17) is 16.3 Å². The summed E-state index contributed by atoms with van der Waals surface area (Å²) in [5.74, 6) is 0.271. The largest absolute Gasteiger partial charge is 0.492 e. The van der Waals surface area contributed by atoms with Crippen LogP contribution in [-0.2, 0) is 17.1 Å². The van der Waals surface area contributed by atoms with Gasteiger partial charge >= 0.3 is 0 Å². The Bertz CT molecular complexity index is 936. The standard InChI is InChI=1S/C19H24ClN3O4S/c1-22-14-17(28(25,26)23-9-3-2-4-10-23)13-18(22)19(24)21-8-11-27-16-7-5-6-15(20)12-16/h5-7,12-14H,2-4,8-11H2,1H3,(H,21,24). The highest BCUT2D eigenvalue weighted by Gasteiger charge is 2.28. The number of nitrogens with zero attached hydrogens (tertiary/aromatic N) is 2. The molecular formula is C19H24ClN3O4S. The molecule has 1 amide bonds. The van der Waals surface area contributed by atoms with Gasteiger partial charge in [-0.15, -0.1) is 0 Å². The van der Waals surface area contributed by atoms with Crippen LogP contribution in [0.15, 0.2) is 41.4 Å². The molecule has 28 heavy (non-hydrogen) atoms. The van der Waals surface area contributed by atoms with Crippen LogP contribution in [0.1, 0.15) is 29.8 Å². The fraction of sp³-hybridized carbons (Fsp3) is 0.421. The van der Waals surface area contributed by atoms with Crippen LogP contribution in [0.2, 0.25) is 5.02 Å². The maximum Gasteiger partial charge on any atom is 0.268 e. The molecule has 0 radical (unpaired) electrons. The van der Waals surface area contributed by atoms with Crippen molar-refractivity contribution in [2.75, 3.05) is 26.2 Å². The number of benzene rings is 1. The summed E-state index contributed by atoms with van der Waals surface area (Å²) in [5, 5.41) is 3.32. The van der Waals surface area contributed by atoms with Crippen LogP contribution in [0.5, 0.6) is 5.75 Å². The van der Waals surface area contributed by atoms with Crippen LogP contribution < -0.4 is 10.1 Å². The second kappa shape index (κ2) is 8.98. The van der Waals surface area contributed by atoms with Gasteiger partial charge in [-0.1, -0.05) is 24.1 Å². The van der Waals surface area contributed by atoms with Crippen LogP contribution in [0.25, 0.3) is 0 Å². The Balaban J connectivity index is 1.58. The topological polar surface area (TPSA) is 80.6 Å². The summed E-state index contributed by atoms with van der Waals surface area (Å²) in [6.07, 6.45) is 4.27. The average molecular weight is 426 g/mol. The Hall–Kier alpha value is -2.03. The van der Waals surface area contributed by atoms with E-state index in [2.05, 4.69) is 5.32 Å². The monoisotopic (exact) mass is 425 g/mol. The lowest BCUT2D eigenvalue weighted by molar-refractivity contribution is 0.0939. The highest BCUT2D eigenvalue weighted by molar-refractivity contribution is 7.89. The molecule has 1 aromatic carbocycles. The second-order valence-electron chi connectivity index (χ2n) is 6.70. The van der Waals surface area contributed by atoms with E-state index in [1.54, 1.807) is 31.3 Å². The Kier molecular flexibility index (Phi) is 6.64. The molecule has 2 aromatic rings. The van der Waals surface area contributed by atoms with Gasteiger partial charge in [0, 0.05) is 31.4 Å². The molecule has 1 N–H and O–H groups in total. The van der Waals surface area contributed by atoms with E-state index >= 15 is 0 Å². The molecule has 0 spiro atoms. The van der Waals surface area contributed by atoms with Gasteiger partial charge in [-0.2, -0.15) is 4.31 Å². The number of carbonyl (C=O) groups excluding carboxylic acids is 1. The van der Waals surface area contributed by atoms with Gasteiger partial charge < -0.3 is 14.6 Å². The SMILES string of the molecule is Cn1cc(S(=O)(=O)N2CCCCC2)cc1C(=O)NCCOc1cccc(Cl)c1. The van der Waals surface area contributed by atoms with E-state index in [9.17, 15) is 13.2 Å². The first-order valence-corrected chi connectivity index (χ1v) is 11.0. The van der Waals surface area contributed by atoms with E-state index in [-0.39, 0.29) is 24.0 Å². The van der Waals surface area contributed by atoms with Gasteiger partial charge in [0.1, 0.15) is 22.9 Å². The molecule has 0 saturated carbocycles. The molecule has 0 unspecified atom stereocenters. The number of ether oxygens (including phenoxy) is 1. The minimum absolute atomic E-state index is 0.150. The van der Waals surface area contributed by atoms with Crippen molar-refractivity contribution in [3.63, 3.8) is 0 Å². The number of aryl methyl sites for hydroxylation is 1. The molecule has 1 aromatic heterocycles. The van der Waals surface area contributed by atoms with Crippen LogP contribution in [0.4, 0.5) is 0 Å². The van der Waals surface area contributed by atoms with Crippen molar-refractivity contribution in [3.8, 4) is 5.75 Å². The highest BCUT2D eigenvalue weighted by Crippen LogP contribution is 2.22. The third kappa shape index (κ3) is 4.87. The number of aromatic nitrogens is 1. The number of nitrogens with one attached hydrogen (secondary N) is 1. The summed E-state index contributed by atoms with van der Waals surface area (Å²) in [4.78, 5) is 12.6. The maximum atomic E-state index is 12.8. The fourth-order valence-corrected chi connectivity index (χ4v) is 4.91. The lowest BCUT2D eigenvalue weighted by Gasteiger charge is -2.25. The van der Waals surface area contributed by atoms with E-state index < -0.39 is 10.0 Å². The molecule has 7 nitrogen and oxygen atoms in total. The van der Waals surface area contributed by atoms with Gasteiger partial charge in [-0.25, -0.2) is 8.42 Å². The van der Waals surface area contributed by atoms with Crippen LogP contribution >= 0.6 is 11.6 Å². The van der Waals surface area contributed by atoms with Crippen molar-refractivity contribution in [1.82, 2.24) is 14.2 Å². The summed E-state index contributed by atoms with van der Waals surface area (Å²) in [6.45, 7) is 1.61. The lowest BCUT2D eigenvalue weighted by atomic mass is 10.2. The first-order chi connectivity index (χ1) is 13.4. The Morgan fingerprint density at radius 2 is 1.96 bits per heavy atom. The first-order valence-electron chi connectivity index (χ1n) is 9.21. The second-order valence-corrected chi connectivity index (χ2v) is 9.07. The molecule has 0 atom stereocenters. The molecule has 9 heteroatoms. The molecule has 0 bridgehead atoms. The molecule has 1 aliphatic heterocycles. The Morgan fingerprint density at radius 1 is 1.21 bits per heavy atom. The molecule has 0 aliphatic carbocycles. The number of halogens is 1. The zero-order chi connectivity index (χ0) is 20.1. The van der Waals surface area contributed by atoms with Gasteiger partial charge in [0.2, 0.25) is 10.0 Å². The summed E-state index contributed by atoms with van der Waals surface area (Å²) >= 11 is 5.90. The van der Waals surface area contributed by atoms with Gasteiger partial charge in [-0.3, -0.25) is 4.79 Å². The molecule has 1 aliphatic rings. The van der Waals surface area contributed by atoms with Crippen molar-refractivity contribution >= 4 is 27.5 Å². The zero-order valence-electron chi connectivity index (χ0n) is 15.7. The van der Waals surface area contributed by atoms with Gasteiger partial charge in [-0.05, 0) is 37.1 Å². The molecule has 3 rings (SSSR count). The molecule has 1 fully saturated rings. The van der Waals surface area contributed by atoms with E-state index in [0.29, 0.717) is 29.6 Å². The molecule has 1 saturated heterocycles. The van der Waals surface area contributed by atoms with Crippen molar-refractivity contribution in [1.29, 1.82) is 0 Å². The number of carbonyl (C=O) groups is 1. The summed E-state index contributed by atoms with van der Waals surface area (Å²) in [6, 6.07) is 8.43. The maximum absolute atomic E-state index is 12.8.